The molecular formula is C22H22N2O5. The Bertz CT molecular complexity index is 941. The predicted octanol–water partition coefficient (Wildman–Crippen LogP) is 3.65. The highest BCUT2D eigenvalue weighted by Gasteiger charge is 2.52. The first-order valence-corrected chi connectivity index (χ1v) is 9.33. The molecular weight excluding hydrogens is 372 g/mol. The molecule has 7 nitrogen and oxygen atoms in total. The molecule has 3 rings (SSSR count). The van der Waals surface area contributed by atoms with Crippen molar-refractivity contribution in [3.05, 3.63) is 77.4 Å². The number of hydrazine groups is 1. The van der Waals surface area contributed by atoms with E-state index in [1.165, 1.54) is 6.08 Å². The molecule has 2 amide bonds. The van der Waals surface area contributed by atoms with E-state index >= 15 is 0 Å². The number of hydrogen-bond donors (Lipinski definition) is 1. The molecule has 1 atom stereocenters. The Morgan fingerprint density at radius 1 is 0.931 bits per heavy atom. The SMILES string of the molecule is CCOC(=O)NN(C(=O)OCC)[C@]1(c2ccccc2)C(=O)C=Cc2ccccc21. The third-order valence-electron chi connectivity index (χ3n) is 4.58. The van der Waals surface area contributed by atoms with E-state index in [9.17, 15) is 14.4 Å². The van der Waals surface area contributed by atoms with Crippen molar-refractivity contribution in [2.24, 2.45) is 0 Å². The van der Waals surface area contributed by atoms with E-state index in [-0.39, 0.29) is 13.2 Å². The summed E-state index contributed by atoms with van der Waals surface area (Å²) in [4.78, 5) is 38.7. The van der Waals surface area contributed by atoms with Gasteiger partial charge in [0.15, 0.2) is 11.3 Å². The lowest BCUT2D eigenvalue weighted by molar-refractivity contribution is -0.125. The fourth-order valence-corrected chi connectivity index (χ4v) is 3.44. The predicted molar refractivity (Wildman–Crippen MR) is 107 cm³/mol. The van der Waals surface area contributed by atoms with Crippen molar-refractivity contribution in [2.45, 2.75) is 19.4 Å². The van der Waals surface area contributed by atoms with Crippen molar-refractivity contribution in [3.8, 4) is 0 Å². The van der Waals surface area contributed by atoms with Crippen molar-refractivity contribution < 1.29 is 23.9 Å². The van der Waals surface area contributed by atoms with Gasteiger partial charge in [-0.1, -0.05) is 60.7 Å². The van der Waals surface area contributed by atoms with Crippen LogP contribution in [0.25, 0.3) is 6.08 Å². The number of nitrogens with one attached hydrogen (secondary N) is 1. The summed E-state index contributed by atoms with van der Waals surface area (Å²) in [6, 6.07) is 16.0. The molecule has 1 aliphatic carbocycles. The van der Waals surface area contributed by atoms with Gasteiger partial charge in [-0.25, -0.2) is 15.0 Å². The van der Waals surface area contributed by atoms with Crippen LogP contribution < -0.4 is 5.43 Å². The van der Waals surface area contributed by atoms with Gasteiger partial charge in [-0.3, -0.25) is 4.79 Å². The van der Waals surface area contributed by atoms with Crippen LogP contribution >= 0.6 is 0 Å². The number of ether oxygens (including phenoxy) is 2. The Morgan fingerprint density at radius 2 is 1.59 bits per heavy atom. The molecule has 0 unspecified atom stereocenters. The van der Waals surface area contributed by atoms with Gasteiger partial charge in [0.25, 0.3) is 0 Å². The molecule has 1 aliphatic rings. The smallest absolute Gasteiger partial charge is 0.430 e. The molecule has 2 aromatic rings. The quantitative estimate of drug-likeness (QED) is 0.800. The summed E-state index contributed by atoms with van der Waals surface area (Å²) in [5.41, 5.74) is 2.58. The molecule has 2 aromatic carbocycles. The van der Waals surface area contributed by atoms with Crippen LogP contribution in [0.5, 0.6) is 0 Å². The topological polar surface area (TPSA) is 84.9 Å². The second-order valence-electron chi connectivity index (χ2n) is 6.23. The zero-order chi connectivity index (χ0) is 20.9. The number of ketones is 1. The molecule has 0 spiro atoms. The largest absolute Gasteiger partial charge is 0.449 e. The van der Waals surface area contributed by atoms with Gasteiger partial charge in [0.05, 0.1) is 13.2 Å². The summed E-state index contributed by atoms with van der Waals surface area (Å²) in [6.45, 7) is 3.46. The van der Waals surface area contributed by atoms with Gasteiger partial charge in [0, 0.05) is 0 Å². The van der Waals surface area contributed by atoms with Gasteiger partial charge in [0.2, 0.25) is 0 Å². The molecule has 0 heterocycles. The van der Waals surface area contributed by atoms with Crippen molar-refractivity contribution >= 4 is 24.0 Å². The number of amides is 2. The zero-order valence-electron chi connectivity index (χ0n) is 16.3. The fourth-order valence-electron chi connectivity index (χ4n) is 3.44. The first-order valence-electron chi connectivity index (χ1n) is 9.33. The number of fused-ring (bicyclic) bond motifs is 1. The minimum absolute atomic E-state index is 0.0659. The Morgan fingerprint density at radius 3 is 2.28 bits per heavy atom. The second kappa shape index (κ2) is 8.60. The van der Waals surface area contributed by atoms with E-state index in [2.05, 4.69) is 5.43 Å². The van der Waals surface area contributed by atoms with E-state index in [1.54, 1.807) is 62.4 Å². The highest BCUT2D eigenvalue weighted by atomic mass is 16.6. The van der Waals surface area contributed by atoms with Crippen LogP contribution in [0.2, 0.25) is 0 Å². The van der Waals surface area contributed by atoms with Gasteiger partial charge in [-0.15, -0.1) is 0 Å². The molecule has 150 valence electrons. The zero-order valence-corrected chi connectivity index (χ0v) is 16.3. The summed E-state index contributed by atoms with van der Waals surface area (Å²) in [5.74, 6) is -0.396. The number of rotatable bonds is 4. The van der Waals surface area contributed by atoms with Crippen molar-refractivity contribution in [3.63, 3.8) is 0 Å². The van der Waals surface area contributed by atoms with Crippen LogP contribution in [0, 0.1) is 0 Å². The third kappa shape index (κ3) is 3.59. The molecule has 0 radical (unpaired) electrons. The van der Waals surface area contributed by atoms with Crippen LogP contribution in [0.15, 0.2) is 60.7 Å². The van der Waals surface area contributed by atoms with E-state index in [4.69, 9.17) is 9.47 Å². The maximum atomic E-state index is 13.4. The van der Waals surface area contributed by atoms with Gasteiger partial charge in [-0.05, 0) is 36.6 Å². The van der Waals surface area contributed by atoms with E-state index < -0.39 is 23.5 Å². The molecule has 0 saturated heterocycles. The molecule has 0 aliphatic heterocycles. The Hall–Kier alpha value is -3.61. The third-order valence-corrected chi connectivity index (χ3v) is 4.58. The monoisotopic (exact) mass is 394 g/mol. The highest BCUT2D eigenvalue weighted by Crippen LogP contribution is 2.41. The summed E-state index contributed by atoms with van der Waals surface area (Å²) in [5, 5.41) is 0.925. The van der Waals surface area contributed by atoms with Crippen molar-refractivity contribution in [1.82, 2.24) is 10.4 Å². The van der Waals surface area contributed by atoms with E-state index in [0.717, 1.165) is 10.6 Å². The summed E-state index contributed by atoms with van der Waals surface area (Å²) >= 11 is 0. The summed E-state index contributed by atoms with van der Waals surface area (Å²) in [7, 11) is 0. The lowest BCUT2D eigenvalue weighted by Crippen LogP contribution is -2.62. The molecule has 0 saturated carbocycles. The maximum Gasteiger partial charge on any atom is 0.430 e. The summed E-state index contributed by atoms with van der Waals surface area (Å²) < 4.78 is 10.2. The minimum Gasteiger partial charge on any atom is -0.449 e. The van der Waals surface area contributed by atoms with Crippen LogP contribution in [0.1, 0.15) is 30.5 Å². The number of hydrogen-bond acceptors (Lipinski definition) is 5. The number of carbonyl (C=O) groups is 3. The Balaban J connectivity index is 2.29. The first kappa shape index (κ1) is 20.1. The lowest BCUT2D eigenvalue weighted by atomic mass is 9.74. The van der Waals surface area contributed by atoms with Crippen LogP contribution in [-0.2, 0) is 19.8 Å². The molecule has 7 heteroatoms. The van der Waals surface area contributed by atoms with Gasteiger partial charge in [0.1, 0.15) is 0 Å². The minimum atomic E-state index is -1.65. The maximum absolute atomic E-state index is 13.4. The molecule has 29 heavy (non-hydrogen) atoms. The van der Waals surface area contributed by atoms with Crippen LogP contribution in [0.3, 0.4) is 0 Å². The van der Waals surface area contributed by atoms with E-state index in [1.807, 2.05) is 12.1 Å². The van der Waals surface area contributed by atoms with E-state index in [0.29, 0.717) is 11.1 Å². The summed E-state index contributed by atoms with van der Waals surface area (Å²) in [6.07, 6.45) is 1.35. The van der Waals surface area contributed by atoms with Crippen LogP contribution in [0.4, 0.5) is 9.59 Å². The normalized spacial score (nSPS) is 17.2. The molecule has 0 aromatic heterocycles. The van der Waals surface area contributed by atoms with Gasteiger partial charge in [-0.2, -0.15) is 5.01 Å². The second-order valence-corrected chi connectivity index (χ2v) is 6.23. The molecule has 0 bridgehead atoms. The number of nitrogens with zero attached hydrogens (tertiary/aromatic N) is 1. The highest BCUT2D eigenvalue weighted by molar-refractivity contribution is 6.08. The fraction of sp³-hybridized carbons (Fsp3) is 0.227. The van der Waals surface area contributed by atoms with Gasteiger partial charge >= 0.3 is 12.2 Å². The lowest BCUT2D eigenvalue weighted by Gasteiger charge is -2.43. The van der Waals surface area contributed by atoms with Crippen molar-refractivity contribution in [1.29, 1.82) is 0 Å². The Kier molecular flexibility index (Phi) is 5.97. The first-order chi connectivity index (χ1) is 14.1. The molecule has 0 fully saturated rings. The standard InChI is InChI=1S/C22H22N2O5/c1-3-28-20(26)23-24(21(27)29-4-2)22(17-11-6-5-7-12-17)18-13-9-8-10-16(18)14-15-19(22)25/h5-15H,3-4H2,1-2H3,(H,23,26)/t22-/m0/s1. The average molecular weight is 394 g/mol. The molecule has 1 N–H and O–H groups in total. The van der Waals surface area contributed by atoms with Gasteiger partial charge < -0.3 is 9.47 Å². The number of benzene rings is 2. The van der Waals surface area contributed by atoms with Crippen LogP contribution in [-0.4, -0.2) is 36.2 Å². The average Bonchev–Trinajstić information content (AvgIpc) is 2.73. The number of carbonyl (C=O) groups excluding carboxylic acids is 3. The van der Waals surface area contributed by atoms with Crippen molar-refractivity contribution in [2.75, 3.05) is 13.2 Å². The Labute approximate surface area is 168 Å².